The summed E-state index contributed by atoms with van der Waals surface area (Å²) < 4.78 is 1.91. The van der Waals surface area contributed by atoms with E-state index < -0.39 is 0 Å². The molecular formula is C11H22N4O. The molecule has 1 aromatic rings. The highest BCUT2D eigenvalue weighted by Crippen LogP contribution is 2.20. The molecule has 92 valence electrons. The van der Waals surface area contributed by atoms with Crippen LogP contribution >= 0.6 is 0 Å². The highest BCUT2D eigenvalue weighted by atomic mass is 16.2. The Morgan fingerprint density at radius 3 is 2.81 bits per heavy atom. The topological polar surface area (TPSA) is 63.0 Å². The van der Waals surface area contributed by atoms with Gasteiger partial charge in [-0.2, -0.15) is 0 Å². The highest BCUT2D eigenvalue weighted by Gasteiger charge is 2.16. The monoisotopic (exact) mass is 226 g/mol. The normalized spacial score (nSPS) is 12.0. The van der Waals surface area contributed by atoms with Gasteiger partial charge in [-0.25, -0.2) is 0 Å². The molecule has 0 spiro atoms. The zero-order chi connectivity index (χ0) is 12.0. The number of aromatic nitrogens is 3. The molecule has 0 aliphatic carbocycles. The van der Waals surface area contributed by atoms with E-state index in [2.05, 4.69) is 29.4 Å². The molecule has 5 nitrogen and oxygen atoms in total. The maximum Gasteiger partial charge on any atom is 0.146 e. The number of rotatable bonds is 7. The number of aliphatic hydroxyl groups excluding tert-OH is 1. The van der Waals surface area contributed by atoms with Gasteiger partial charge in [-0.3, -0.25) is 0 Å². The molecule has 0 unspecified atom stereocenters. The second-order valence-electron chi connectivity index (χ2n) is 4.95. The Kier molecular flexibility index (Phi) is 4.89. The van der Waals surface area contributed by atoms with Gasteiger partial charge in [0.25, 0.3) is 0 Å². The van der Waals surface area contributed by atoms with E-state index in [1.54, 1.807) is 6.33 Å². The highest BCUT2D eigenvalue weighted by molar-refractivity contribution is 4.84. The molecule has 5 heteroatoms. The summed E-state index contributed by atoms with van der Waals surface area (Å²) in [6, 6.07) is 0. The second-order valence-corrected chi connectivity index (χ2v) is 4.95. The van der Waals surface area contributed by atoms with Gasteiger partial charge in [-0.15, -0.1) is 10.2 Å². The van der Waals surface area contributed by atoms with Gasteiger partial charge in [-0.1, -0.05) is 13.8 Å². The van der Waals surface area contributed by atoms with Gasteiger partial charge in [-0.05, 0) is 18.3 Å². The Hall–Kier alpha value is -0.940. The molecule has 0 atom stereocenters. The average Bonchev–Trinajstić information content (AvgIpc) is 2.62. The summed E-state index contributed by atoms with van der Waals surface area (Å²) in [5.41, 5.74) is 0.210. The van der Waals surface area contributed by atoms with Gasteiger partial charge >= 0.3 is 0 Å². The lowest BCUT2D eigenvalue weighted by atomic mass is 9.88. The smallest absolute Gasteiger partial charge is 0.146 e. The number of aliphatic hydroxyl groups is 1. The van der Waals surface area contributed by atoms with Crippen molar-refractivity contribution in [3.05, 3.63) is 12.2 Å². The number of nitrogens with zero attached hydrogens (tertiary/aromatic N) is 3. The third kappa shape index (κ3) is 4.28. The van der Waals surface area contributed by atoms with Gasteiger partial charge < -0.3 is 15.0 Å². The van der Waals surface area contributed by atoms with Crippen LogP contribution in [0.15, 0.2) is 6.33 Å². The van der Waals surface area contributed by atoms with Crippen LogP contribution < -0.4 is 5.32 Å². The molecule has 0 saturated carbocycles. The fraction of sp³-hybridized carbons (Fsp3) is 0.818. The Morgan fingerprint density at radius 1 is 1.50 bits per heavy atom. The maximum absolute atomic E-state index is 8.80. The van der Waals surface area contributed by atoms with Crippen molar-refractivity contribution in [2.75, 3.05) is 13.2 Å². The number of aryl methyl sites for hydroxylation is 1. The Morgan fingerprint density at radius 2 is 2.25 bits per heavy atom. The molecule has 0 fully saturated rings. The van der Waals surface area contributed by atoms with E-state index in [0.29, 0.717) is 0 Å². The average molecular weight is 226 g/mol. The maximum atomic E-state index is 8.80. The fourth-order valence-electron chi connectivity index (χ4n) is 1.63. The Bertz CT molecular complexity index is 309. The van der Waals surface area contributed by atoms with E-state index in [9.17, 15) is 0 Å². The van der Waals surface area contributed by atoms with E-state index in [0.717, 1.165) is 31.8 Å². The van der Waals surface area contributed by atoms with E-state index in [1.807, 2.05) is 11.6 Å². The minimum atomic E-state index is 0.210. The minimum absolute atomic E-state index is 0.210. The van der Waals surface area contributed by atoms with Crippen molar-refractivity contribution in [2.24, 2.45) is 12.5 Å². The zero-order valence-electron chi connectivity index (χ0n) is 10.4. The van der Waals surface area contributed by atoms with Gasteiger partial charge in [0.2, 0.25) is 0 Å². The SMILES string of the molecule is Cn1cnnc1CNCC(C)(C)CCCO. The van der Waals surface area contributed by atoms with Crippen molar-refractivity contribution < 1.29 is 5.11 Å². The summed E-state index contributed by atoms with van der Waals surface area (Å²) in [5, 5.41) is 20.0. The fourth-order valence-corrected chi connectivity index (χ4v) is 1.63. The molecule has 1 heterocycles. The van der Waals surface area contributed by atoms with Crippen molar-refractivity contribution in [1.29, 1.82) is 0 Å². The van der Waals surface area contributed by atoms with Crippen LogP contribution in [0.4, 0.5) is 0 Å². The Balaban J connectivity index is 2.27. The molecule has 1 aromatic heterocycles. The lowest BCUT2D eigenvalue weighted by molar-refractivity contribution is 0.236. The van der Waals surface area contributed by atoms with Crippen LogP contribution in [-0.2, 0) is 13.6 Å². The van der Waals surface area contributed by atoms with Crippen LogP contribution in [0, 0.1) is 5.41 Å². The number of hydrogen-bond donors (Lipinski definition) is 2. The van der Waals surface area contributed by atoms with E-state index in [-0.39, 0.29) is 12.0 Å². The third-order valence-corrected chi connectivity index (χ3v) is 2.70. The van der Waals surface area contributed by atoms with Crippen LogP contribution in [0.5, 0.6) is 0 Å². The first-order chi connectivity index (χ1) is 7.55. The molecule has 0 aliphatic heterocycles. The van der Waals surface area contributed by atoms with Crippen molar-refractivity contribution in [3.8, 4) is 0 Å². The largest absolute Gasteiger partial charge is 0.396 e. The van der Waals surface area contributed by atoms with Gasteiger partial charge in [0.1, 0.15) is 12.2 Å². The molecule has 0 saturated heterocycles. The predicted octanol–water partition coefficient (Wildman–Crippen LogP) is 0.703. The van der Waals surface area contributed by atoms with E-state index >= 15 is 0 Å². The van der Waals surface area contributed by atoms with Crippen molar-refractivity contribution in [3.63, 3.8) is 0 Å². The molecule has 0 aliphatic rings. The molecule has 0 bridgehead atoms. The molecule has 2 N–H and O–H groups in total. The third-order valence-electron chi connectivity index (χ3n) is 2.70. The van der Waals surface area contributed by atoms with Crippen LogP contribution in [0.2, 0.25) is 0 Å². The molecule has 0 amide bonds. The predicted molar refractivity (Wildman–Crippen MR) is 62.8 cm³/mol. The molecular weight excluding hydrogens is 204 g/mol. The van der Waals surface area contributed by atoms with Crippen LogP contribution in [-0.4, -0.2) is 33.0 Å². The van der Waals surface area contributed by atoms with Crippen LogP contribution in [0.3, 0.4) is 0 Å². The summed E-state index contributed by atoms with van der Waals surface area (Å²) in [6.07, 6.45) is 3.59. The standard InChI is InChI=1S/C11H22N4O/c1-11(2,5-4-6-16)8-12-7-10-14-13-9-15(10)3/h9,12,16H,4-8H2,1-3H3. The van der Waals surface area contributed by atoms with Gasteiger partial charge in [0, 0.05) is 20.2 Å². The number of nitrogens with one attached hydrogen (secondary N) is 1. The van der Waals surface area contributed by atoms with Gasteiger partial charge in [0.15, 0.2) is 0 Å². The van der Waals surface area contributed by atoms with E-state index in [4.69, 9.17) is 5.11 Å². The summed E-state index contributed by atoms with van der Waals surface area (Å²) in [4.78, 5) is 0. The first-order valence-corrected chi connectivity index (χ1v) is 5.69. The zero-order valence-corrected chi connectivity index (χ0v) is 10.4. The van der Waals surface area contributed by atoms with Crippen molar-refractivity contribution >= 4 is 0 Å². The Labute approximate surface area is 96.9 Å². The summed E-state index contributed by atoms with van der Waals surface area (Å²) in [6.45, 7) is 6.32. The first kappa shape index (κ1) is 13.1. The van der Waals surface area contributed by atoms with Crippen molar-refractivity contribution in [1.82, 2.24) is 20.1 Å². The summed E-state index contributed by atoms with van der Waals surface area (Å²) >= 11 is 0. The van der Waals surface area contributed by atoms with Crippen molar-refractivity contribution in [2.45, 2.75) is 33.2 Å². The van der Waals surface area contributed by atoms with Gasteiger partial charge in [0.05, 0.1) is 6.54 Å². The lowest BCUT2D eigenvalue weighted by Crippen LogP contribution is -2.30. The lowest BCUT2D eigenvalue weighted by Gasteiger charge is -2.24. The summed E-state index contributed by atoms with van der Waals surface area (Å²) in [7, 11) is 1.94. The second kappa shape index (κ2) is 5.96. The van der Waals surface area contributed by atoms with Crippen LogP contribution in [0.1, 0.15) is 32.5 Å². The minimum Gasteiger partial charge on any atom is -0.396 e. The quantitative estimate of drug-likeness (QED) is 0.718. The summed E-state index contributed by atoms with van der Waals surface area (Å²) in [5.74, 6) is 0.943. The van der Waals surface area contributed by atoms with Crippen LogP contribution in [0.25, 0.3) is 0 Å². The number of hydrogen-bond acceptors (Lipinski definition) is 4. The first-order valence-electron chi connectivity index (χ1n) is 5.69. The molecule has 0 radical (unpaired) electrons. The molecule has 1 rings (SSSR count). The molecule has 0 aromatic carbocycles. The van der Waals surface area contributed by atoms with E-state index in [1.165, 1.54) is 0 Å². The molecule has 16 heavy (non-hydrogen) atoms.